The molecule has 1 aliphatic heterocycles. The lowest BCUT2D eigenvalue weighted by atomic mass is 10.1. The van der Waals surface area contributed by atoms with Crippen LogP contribution in [0.3, 0.4) is 0 Å². The van der Waals surface area contributed by atoms with Gasteiger partial charge in [0.1, 0.15) is 0 Å². The molecule has 31 heavy (non-hydrogen) atoms. The number of hydrogen-bond donors (Lipinski definition) is 0. The number of carboxylic acids is 1. The van der Waals surface area contributed by atoms with Gasteiger partial charge in [-0.3, -0.25) is 14.5 Å². The summed E-state index contributed by atoms with van der Waals surface area (Å²) in [4.78, 5) is 37.9. The summed E-state index contributed by atoms with van der Waals surface area (Å²) in [7, 11) is 0. The fourth-order valence-corrected chi connectivity index (χ4v) is 4.06. The largest absolute Gasteiger partial charge is 0.545 e. The quantitative estimate of drug-likeness (QED) is 0.579. The normalized spacial score (nSPS) is 14.8. The van der Waals surface area contributed by atoms with E-state index in [1.807, 2.05) is 0 Å². The Labute approximate surface area is 181 Å². The zero-order valence-corrected chi connectivity index (χ0v) is 16.8. The number of amides is 2. The number of imide groups is 1. The van der Waals surface area contributed by atoms with Crippen LogP contribution in [-0.2, 0) is 11.3 Å². The van der Waals surface area contributed by atoms with Crippen LogP contribution in [-0.4, -0.2) is 26.6 Å². The maximum atomic E-state index is 12.9. The summed E-state index contributed by atoms with van der Waals surface area (Å²) in [6.07, 6.45) is 3.32. The lowest BCUT2D eigenvalue weighted by Gasteiger charge is -2.13. The minimum absolute atomic E-state index is 0.0143. The van der Waals surface area contributed by atoms with Crippen molar-refractivity contribution < 1.29 is 19.5 Å². The van der Waals surface area contributed by atoms with Gasteiger partial charge in [-0.2, -0.15) is 5.26 Å². The highest BCUT2D eigenvalue weighted by atomic mass is 32.2. The van der Waals surface area contributed by atoms with Crippen molar-refractivity contribution in [2.24, 2.45) is 0 Å². The van der Waals surface area contributed by atoms with Crippen molar-refractivity contribution in [1.29, 1.82) is 5.26 Å². The predicted octanol–water partition coefficient (Wildman–Crippen LogP) is 2.95. The van der Waals surface area contributed by atoms with E-state index in [-0.39, 0.29) is 17.0 Å². The third kappa shape index (κ3) is 3.99. The third-order valence-electron chi connectivity index (χ3n) is 4.76. The number of aromatic carboxylic acids is 1. The monoisotopic (exact) mass is 428 g/mol. The highest BCUT2D eigenvalue weighted by Crippen LogP contribution is 2.34. The summed E-state index contributed by atoms with van der Waals surface area (Å²) in [5.41, 5.74) is 2.23. The van der Waals surface area contributed by atoms with Crippen LogP contribution in [0.25, 0.3) is 11.8 Å². The van der Waals surface area contributed by atoms with Gasteiger partial charge in [0.05, 0.1) is 29.1 Å². The first-order valence-electron chi connectivity index (χ1n) is 9.20. The van der Waals surface area contributed by atoms with Crippen LogP contribution < -0.4 is 5.11 Å². The van der Waals surface area contributed by atoms with Crippen molar-refractivity contribution in [2.75, 3.05) is 0 Å². The zero-order chi connectivity index (χ0) is 22.0. The molecular weight excluding hydrogens is 414 g/mol. The molecule has 0 spiro atoms. The van der Waals surface area contributed by atoms with E-state index in [0.29, 0.717) is 22.5 Å². The zero-order valence-electron chi connectivity index (χ0n) is 16.0. The molecule has 3 aromatic rings. The molecule has 0 unspecified atom stereocenters. The lowest BCUT2D eigenvalue weighted by molar-refractivity contribution is -0.255. The van der Waals surface area contributed by atoms with Crippen molar-refractivity contribution in [2.45, 2.75) is 6.54 Å². The molecule has 4 rings (SSSR count). The molecule has 0 radical (unpaired) electrons. The molecule has 152 valence electrons. The highest BCUT2D eigenvalue weighted by molar-refractivity contribution is 8.18. The fraction of sp³-hybridized carbons (Fsp3) is 0.0435. The SMILES string of the molecule is N#Cc1ccccc1CN1C(=O)S/C(=C/c2cccn2-c2cccc(C(=O)[O-])c2)C1=O. The van der Waals surface area contributed by atoms with Crippen molar-refractivity contribution in [1.82, 2.24) is 9.47 Å². The maximum Gasteiger partial charge on any atom is 0.293 e. The molecule has 0 bridgehead atoms. The first-order valence-corrected chi connectivity index (χ1v) is 10.0. The first-order chi connectivity index (χ1) is 15.0. The van der Waals surface area contributed by atoms with Crippen LogP contribution in [0.1, 0.15) is 27.2 Å². The van der Waals surface area contributed by atoms with E-state index in [1.54, 1.807) is 65.4 Å². The van der Waals surface area contributed by atoms with Gasteiger partial charge in [0.2, 0.25) is 0 Å². The number of carboxylic acid groups (broad SMARTS) is 1. The molecule has 0 atom stereocenters. The number of hydrogen-bond acceptors (Lipinski definition) is 6. The van der Waals surface area contributed by atoms with E-state index in [1.165, 1.54) is 12.1 Å². The second-order valence-corrected chi connectivity index (χ2v) is 7.67. The van der Waals surface area contributed by atoms with Crippen molar-refractivity contribution in [3.8, 4) is 11.8 Å². The van der Waals surface area contributed by atoms with Crippen LogP contribution in [0.2, 0.25) is 0 Å². The molecule has 1 saturated heterocycles. The van der Waals surface area contributed by atoms with Crippen molar-refractivity contribution >= 4 is 35.0 Å². The predicted molar refractivity (Wildman–Crippen MR) is 113 cm³/mol. The number of aromatic nitrogens is 1. The van der Waals surface area contributed by atoms with E-state index in [4.69, 9.17) is 0 Å². The van der Waals surface area contributed by atoms with Gasteiger partial charge in [0, 0.05) is 17.6 Å². The number of nitriles is 1. The van der Waals surface area contributed by atoms with E-state index in [0.717, 1.165) is 16.7 Å². The number of rotatable bonds is 5. The summed E-state index contributed by atoms with van der Waals surface area (Å²) in [6, 6.07) is 18.6. The molecule has 0 aliphatic carbocycles. The van der Waals surface area contributed by atoms with Gasteiger partial charge < -0.3 is 14.5 Å². The summed E-state index contributed by atoms with van der Waals surface area (Å²) in [6.45, 7) is 0.0143. The molecule has 1 fully saturated rings. The summed E-state index contributed by atoms with van der Waals surface area (Å²) >= 11 is 0.823. The Bertz CT molecular complexity index is 1290. The van der Waals surface area contributed by atoms with Crippen molar-refractivity contribution in [3.63, 3.8) is 0 Å². The van der Waals surface area contributed by atoms with Gasteiger partial charge in [0.25, 0.3) is 11.1 Å². The second-order valence-electron chi connectivity index (χ2n) is 6.68. The van der Waals surface area contributed by atoms with Gasteiger partial charge in [-0.25, -0.2) is 0 Å². The van der Waals surface area contributed by atoms with E-state index >= 15 is 0 Å². The smallest absolute Gasteiger partial charge is 0.293 e. The Hall–Kier alpha value is -4.09. The van der Waals surface area contributed by atoms with E-state index in [9.17, 15) is 24.8 Å². The minimum atomic E-state index is -1.28. The lowest BCUT2D eigenvalue weighted by Crippen LogP contribution is -2.27. The maximum absolute atomic E-state index is 12.9. The van der Waals surface area contributed by atoms with E-state index in [2.05, 4.69) is 6.07 Å². The molecule has 1 aromatic heterocycles. The van der Waals surface area contributed by atoms with Crippen LogP contribution in [0, 0.1) is 11.3 Å². The average Bonchev–Trinajstić information content (AvgIpc) is 3.34. The Morgan fingerprint density at radius 3 is 2.68 bits per heavy atom. The number of nitrogens with zero attached hydrogens (tertiary/aromatic N) is 3. The van der Waals surface area contributed by atoms with Gasteiger partial charge >= 0.3 is 0 Å². The molecule has 2 aromatic carbocycles. The topological polar surface area (TPSA) is 106 Å². The van der Waals surface area contributed by atoms with Crippen LogP contribution in [0.4, 0.5) is 4.79 Å². The van der Waals surface area contributed by atoms with Gasteiger partial charge in [-0.15, -0.1) is 0 Å². The number of benzene rings is 2. The molecule has 2 amide bonds. The fourth-order valence-electron chi connectivity index (χ4n) is 3.24. The average molecular weight is 428 g/mol. The molecule has 1 aliphatic rings. The molecule has 7 nitrogen and oxygen atoms in total. The van der Waals surface area contributed by atoms with Gasteiger partial charge in [-0.05, 0) is 59.3 Å². The summed E-state index contributed by atoms with van der Waals surface area (Å²) in [5.74, 6) is -1.73. The minimum Gasteiger partial charge on any atom is -0.545 e. The number of carbonyl (C=O) groups is 3. The first kappa shape index (κ1) is 20.2. The van der Waals surface area contributed by atoms with Crippen molar-refractivity contribution in [3.05, 3.63) is 94.1 Å². The second kappa shape index (κ2) is 8.34. The Kier molecular flexibility index (Phi) is 5.43. The molecule has 0 N–H and O–H groups in total. The highest BCUT2D eigenvalue weighted by Gasteiger charge is 2.35. The number of carbonyl (C=O) groups excluding carboxylic acids is 3. The Morgan fingerprint density at radius 1 is 1.10 bits per heavy atom. The Balaban J connectivity index is 1.63. The Morgan fingerprint density at radius 2 is 1.90 bits per heavy atom. The van der Waals surface area contributed by atoms with Crippen LogP contribution in [0.15, 0.2) is 71.8 Å². The van der Waals surface area contributed by atoms with Gasteiger partial charge in [-0.1, -0.05) is 30.3 Å². The summed E-state index contributed by atoms with van der Waals surface area (Å²) in [5, 5.41) is 20.0. The molecular formula is C23H14N3O4S-. The standard InChI is InChI=1S/C23H15N3O4S/c24-13-16-5-1-2-6-17(16)14-26-21(27)20(31-23(26)30)12-19-9-4-10-25(19)18-8-3-7-15(11-18)22(28)29/h1-12H,14H2,(H,28,29)/p-1/b20-12+. The molecule has 8 heteroatoms. The third-order valence-corrected chi connectivity index (χ3v) is 5.67. The van der Waals surface area contributed by atoms with Crippen LogP contribution >= 0.6 is 11.8 Å². The van der Waals surface area contributed by atoms with Crippen LogP contribution in [0.5, 0.6) is 0 Å². The van der Waals surface area contributed by atoms with Gasteiger partial charge in [0.15, 0.2) is 0 Å². The molecule has 2 heterocycles. The summed E-state index contributed by atoms with van der Waals surface area (Å²) < 4.78 is 1.71. The molecule has 0 saturated carbocycles. The van der Waals surface area contributed by atoms with E-state index < -0.39 is 17.1 Å². The number of thioether (sulfide) groups is 1.